The Balaban J connectivity index is 1.56. The molecule has 0 saturated carbocycles. The molecule has 1 aromatic heterocycles. The number of carboxylic acid groups (broad SMARTS) is 1. The van der Waals surface area contributed by atoms with Crippen LogP contribution in [0.25, 0.3) is 11.1 Å². The number of benzene rings is 1. The maximum absolute atomic E-state index is 12.3. The lowest BCUT2D eigenvalue weighted by Gasteiger charge is -2.29. The number of aromatic amines is 1. The quantitative estimate of drug-likeness (QED) is 0.810. The minimum Gasteiger partial charge on any atom is -0.481 e. The fraction of sp³-hybridized carbons (Fsp3) is 0.438. The molecule has 0 bridgehead atoms. The number of nitrogens with one attached hydrogen (secondary N) is 1. The summed E-state index contributed by atoms with van der Waals surface area (Å²) in [7, 11) is 0. The number of carbonyl (C=O) groups is 2. The average molecular weight is 318 g/mol. The van der Waals surface area contributed by atoms with Gasteiger partial charge in [0.05, 0.1) is 11.4 Å². The molecule has 0 spiro atoms. The fourth-order valence-corrected chi connectivity index (χ4v) is 2.93. The minimum atomic E-state index is -0.734. The average Bonchev–Trinajstić information content (AvgIpc) is 2.92. The largest absolute Gasteiger partial charge is 0.481 e. The van der Waals surface area contributed by atoms with E-state index in [0.717, 1.165) is 0 Å². The fourth-order valence-electron chi connectivity index (χ4n) is 2.93. The van der Waals surface area contributed by atoms with Gasteiger partial charge in [0.1, 0.15) is 0 Å². The molecule has 1 saturated heterocycles. The lowest BCUT2D eigenvalue weighted by Crippen LogP contribution is -2.37. The van der Waals surface area contributed by atoms with Crippen LogP contribution < -0.4 is 5.76 Å². The number of carboxylic acids is 1. The SMILES string of the molecule is O=C(CCN1CCC(C(=O)O)CC1)c1ccc2[nH]c(=O)oc2c1. The summed E-state index contributed by atoms with van der Waals surface area (Å²) >= 11 is 0. The summed E-state index contributed by atoms with van der Waals surface area (Å²) in [5.41, 5.74) is 1.46. The Labute approximate surface area is 131 Å². The second-order valence-electron chi connectivity index (χ2n) is 5.85. The van der Waals surface area contributed by atoms with Crippen molar-refractivity contribution in [3.63, 3.8) is 0 Å². The molecular weight excluding hydrogens is 300 g/mol. The highest BCUT2D eigenvalue weighted by Gasteiger charge is 2.24. The van der Waals surface area contributed by atoms with E-state index in [1.54, 1.807) is 18.2 Å². The van der Waals surface area contributed by atoms with Gasteiger partial charge in [-0.05, 0) is 44.1 Å². The van der Waals surface area contributed by atoms with E-state index in [9.17, 15) is 14.4 Å². The monoisotopic (exact) mass is 318 g/mol. The van der Waals surface area contributed by atoms with Crippen molar-refractivity contribution in [2.24, 2.45) is 5.92 Å². The van der Waals surface area contributed by atoms with E-state index in [4.69, 9.17) is 9.52 Å². The molecule has 1 aromatic carbocycles. The molecule has 0 atom stereocenters. The molecule has 1 aliphatic heterocycles. The number of aromatic nitrogens is 1. The number of ketones is 1. The third-order valence-corrected chi connectivity index (χ3v) is 4.33. The van der Waals surface area contributed by atoms with Crippen LogP contribution in [0.1, 0.15) is 29.6 Å². The zero-order valence-corrected chi connectivity index (χ0v) is 12.6. The zero-order chi connectivity index (χ0) is 16.4. The van der Waals surface area contributed by atoms with E-state index < -0.39 is 11.7 Å². The molecule has 1 aliphatic rings. The summed E-state index contributed by atoms with van der Waals surface area (Å²) in [6, 6.07) is 4.91. The number of oxazole rings is 1. The van der Waals surface area contributed by atoms with Gasteiger partial charge in [-0.1, -0.05) is 0 Å². The first-order valence-electron chi connectivity index (χ1n) is 7.64. The van der Waals surface area contributed by atoms with Crippen LogP contribution in [0.5, 0.6) is 0 Å². The first-order chi connectivity index (χ1) is 11.0. The molecule has 3 rings (SSSR count). The van der Waals surface area contributed by atoms with Gasteiger partial charge in [0, 0.05) is 18.5 Å². The highest BCUT2D eigenvalue weighted by molar-refractivity contribution is 5.98. The smallest absolute Gasteiger partial charge is 0.417 e. The second-order valence-corrected chi connectivity index (χ2v) is 5.85. The number of hydrogen-bond donors (Lipinski definition) is 2. The zero-order valence-electron chi connectivity index (χ0n) is 12.6. The highest BCUT2D eigenvalue weighted by Crippen LogP contribution is 2.18. The topological polar surface area (TPSA) is 104 Å². The Hall–Kier alpha value is -2.41. The highest BCUT2D eigenvalue weighted by atomic mass is 16.4. The Morgan fingerprint density at radius 3 is 2.74 bits per heavy atom. The summed E-state index contributed by atoms with van der Waals surface area (Å²) in [4.78, 5) is 38.9. The molecule has 0 amide bonds. The van der Waals surface area contributed by atoms with Gasteiger partial charge >= 0.3 is 11.7 Å². The van der Waals surface area contributed by atoms with Crippen LogP contribution >= 0.6 is 0 Å². The molecule has 7 nitrogen and oxygen atoms in total. The van der Waals surface area contributed by atoms with Crippen LogP contribution in [0.3, 0.4) is 0 Å². The van der Waals surface area contributed by atoms with Gasteiger partial charge in [0.25, 0.3) is 0 Å². The first-order valence-corrected chi connectivity index (χ1v) is 7.64. The lowest BCUT2D eigenvalue weighted by atomic mass is 9.97. The van der Waals surface area contributed by atoms with Crippen LogP contribution in [0.4, 0.5) is 0 Å². The van der Waals surface area contributed by atoms with Gasteiger partial charge in [0.15, 0.2) is 11.4 Å². The Bertz CT molecular complexity index is 783. The number of likely N-dealkylation sites (tertiary alicyclic amines) is 1. The lowest BCUT2D eigenvalue weighted by molar-refractivity contribution is -0.143. The number of Topliss-reactive ketones (excluding diaryl/α,β-unsaturated/α-hetero) is 1. The van der Waals surface area contributed by atoms with Gasteiger partial charge in [-0.2, -0.15) is 0 Å². The molecule has 0 unspecified atom stereocenters. The van der Waals surface area contributed by atoms with Crippen molar-refractivity contribution < 1.29 is 19.1 Å². The molecule has 2 N–H and O–H groups in total. The van der Waals surface area contributed by atoms with Gasteiger partial charge in [-0.3, -0.25) is 14.6 Å². The van der Waals surface area contributed by atoms with Crippen molar-refractivity contribution in [1.82, 2.24) is 9.88 Å². The van der Waals surface area contributed by atoms with E-state index in [1.165, 1.54) is 0 Å². The third-order valence-electron chi connectivity index (χ3n) is 4.33. The predicted molar refractivity (Wildman–Crippen MR) is 82.6 cm³/mol. The third kappa shape index (κ3) is 3.50. The van der Waals surface area contributed by atoms with Crippen molar-refractivity contribution >= 4 is 22.9 Å². The van der Waals surface area contributed by atoms with Gasteiger partial charge < -0.3 is 14.4 Å². The molecule has 0 aliphatic carbocycles. The Kier molecular flexibility index (Phi) is 4.29. The van der Waals surface area contributed by atoms with Crippen molar-refractivity contribution in [1.29, 1.82) is 0 Å². The van der Waals surface area contributed by atoms with Crippen molar-refractivity contribution in [2.75, 3.05) is 19.6 Å². The van der Waals surface area contributed by atoms with Gasteiger partial charge in [0.2, 0.25) is 0 Å². The summed E-state index contributed by atoms with van der Waals surface area (Å²) in [6.45, 7) is 2.02. The molecule has 122 valence electrons. The molecule has 0 radical (unpaired) electrons. The Morgan fingerprint density at radius 1 is 1.30 bits per heavy atom. The van der Waals surface area contributed by atoms with Crippen molar-refractivity contribution in [3.8, 4) is 0 Å². The summed E-state index contributed by atoms with van der Waals surface area (Å²) in [6.07, 6.45) is 1.62. The van der Waals surface area contributed by atoms with E-state index in [2.05, 4.69) is 9.88 Å². The summed E-state index contributed by atoms with van der Waals surface area (Å²) in [5.74, 6) is -1.55. The number of piperidine rings is 1. The van der Waals surface area contributed by atoms with Gasteiger partial charge in [-0.25, -0.2) is 4.79 Å². The normalized spacial score (nSPS) is 16.7. The molecule has 23 heavy (non-hydrogen) atoms. The van der Waals surface area contributed by atoms with Crippen LogP contribution in [0, 0.1) is 5.92 Å². The molecular formula is C16H18N2O5. The molecule has 2 heterocycles. The minimum absolute atomic E-state index is 0.0175. The summed E-state index contributed by atoms with van der Waals surface area (Å²) in [5, 5.41) is 8.97. The van der Waals surface area contributed by atoms with Crippen LogP contribution in [0.15, 0.2) is 27.4 Å². The molecule has 2 aromatic rings. The van der Waals surface area contributed by atoms with Crippen molar-refractivity contribution in [2.45, 2.75) is 19.3 Å². The second kappa shape index (κ2) is 6.37. The van der Waals surface area contributed by atoms with Crippen LogP contribution in [-0.2, 0) is 4.79 Å². The maximum atomic E-state index is 12.3. The standard InChI is InChI=1S/C16H18N2O5/c19-13(5-8-18-6-3-10(4-7-18)15(20)21)11-1-2-12-14(9-11)23-16(22)17-12/h1-2,9-10H,3-8H2,(H,17,22)(H,20,21). The van der Waals surface area contributed by atoms with Crippen LogP contribution in [0.2, 0.25) is 0 Å². The number of fused-ring (bicyclic) bond motifs is 1. The van der Waals surface area contributed by atoms with Crippen molar-refractivity contribution in [3.05, 3.63) is 34.3 Å². The van der Waals surface area contributed by atoms with E-state index in [0.29, 0.717) is 55.6 Å². The molecule has 1 fully saturated rings. The number of hydrogen-bond acceptors (Lipinski definition) is 5. The number of H-pyrrole nitrogens is 1. The van der Waals surface area contributed by atoms with E-state index >= 15 is 0 Å². The van der Waals surface area contributed by atoms with Crippen LogP contribution in [-0.4, -0.2) is 46.4 Å². The number of carbonyl (C=O) groups excluding carboxylic acids is 1. The van der Waals surface area contributed by atoms with Gasteiger partial charge in [-0.15, -0.1) is 0 Å². The van der Waals surface area contributed by atoms with E-state index in [1.807, 2.05) is 0 Å². The summed E-state index contributed by atoms with van der Waals surface area (Å²) < 4.78 is 4.96. The predicted octanol–water partition coefficient (Wildman–Crippen LogP) is 1.49. The number of aliphatic carboxylic acids is 1. The Morgan fingerprint density at radius 2 is 2.04 bits per heavy atom. The first kappa shape index (κ1) is 15.5. The van der Waals surface area contributed by atoms with E-state index in [-0.39, 0.29) is 11.7 Å². The number of rotatable bonds is 5. The molecule has 7 heteroatoms. The maximum Gasteiger partial charge on any atom is 0.417 e. The number of nitrogens with zero attached hydrogens (tertiary/aromatic N) is 1.